The largest absolute Gasteiger partial charge is 0.493 e. The fraction of sp³-hybridized carbons (Fsp3) is 0.524. The summed E-state index contributed by atoms with van der Waals surface area (Å²) in [5, 5.41) is 10.1. The van der Waals surface area contributed by atoms with Crippen LogP contribution in [0.4, 0.5) is 0 Å². The normalized spacial score (nSPS) is 13.7. The molecule has 1 fully saturated rings. The van der Waals surface area contributed by atoms with Crippen LogP contribution in [-0.4, -0.2) is 30.6 Å². The molecule has 0 atom stereocenters. The van der Waals surface area contributed by atoms with Gasteiger partial charge < -0.3 is 15.4 Å². The van der Waals surface area contributed by atoms with Crippen LogP contribution in [0.25, 0.3) is 0 Å². The van der Waals surface area contributed by atoms with E-state index in [2.05, 4.69) is 40.9 Å². The van der Waals surface area contributed by atoms with Gasteiger partial charge >= 0.3 is 0 Å². The summed E-state index contributed by atoms with van der Waals surface area (Å²) in [5.41, 5.74) is 2.28. The number of rotatable bonds is 10. The lowest BCUT2D eigenvalue weighted by atomic mass is 10.2. The minimum absolute atomic E-state index is 0. The summed E-state index contributed by atoms with van der Waals surface area (Å²) < 4.78 is 5.99. The van der Waals surface area contributed by atoms with Gasteiger partial charge in [0.1, 0.15) is 5.75 Å². The fourth-order valence-electron chi connectivity index (χ4n) is 2.71. The highest BCUT2D eigenvalue weighted by atomic mass is 127. The van der Waals surface area contributed by atoms with Gasteiger partial charge in [0, 0.05) is 30.5 Å². The Hall–Kier alpha value is -1.35. The molecule has 2 N–H and O–H groups in total. The van der Waals surface area contributed by atoms with Crippen molar-refractivity contribution in [3.8, 4) is 5.75 Å². The number of halogens is 1. The molecule has 1 aliphatic carbocycles. The number of hydrogen-bond donors (Lipinski definition) is 2. The predicted octanol–water partition coefficient (Wildman–Crippen LogP) is 4.41. The molecule has 0 spiro atoms. The lowest BCUT2D eigenvalue weighted by Gasteiger charge is -2.12. The summed E-state index contributed by atoms with van der Waals surface area (Å²) >= 11 is 1.74. The molecule has 1 aromatic heterocycles. The lowest BCUT2D eigenvalue weighted by Crippen LogP contribution is -2.38. The lowest BCUT2D eigenvalue weighted by molar-refractivity contribution is 0.297. The van der Waals surface area contributed by atoms with Crippen molar-refractivity contribution in [2.75, 3.05) is 19.7 Å². The number of aromatic nitrogens is 1. The molecule has 1 saturated carbocycles. The van der Waals surface area contributed by atoms with E-state index in [-0.39, 0.29) is 24.0 Å². The number of aliphatic imine (C=N–C) groups is 1. The average Bonchev–Trinajstić information content (AvgIpc) is 3.41. The molecule has 5 nitrogen and oxygen atoms in total. The maximum absolute atomic E-state index is 5.99. The molecule has 1 aromatic carbocycles. The smallest absolute Gasteiger partial charge is 0.191 e. The molecule has 28 heavy (non-hydrogen) atoms. The molecule has 0 aliphatic heterocycles. The standard InChI is InChI=1S/C21H30N4OS.HI/c1-3-20-25-18(15-27-20)11-12-23-21(22-4-2)24-13-17-7-5-6-8-19(17)26-14-16-9-10-16;/h5-8,15-16H,3-4,9-14H2,1-2H3,(H2,22,23,24);1H. The maximum Gasteiger partial charge on any atom is 0.191 e. The topological polar surface area (TPSA) is 58.5 Å². The van der Waals surface area contributed by atoms with Gasteiger partial charge in [-0.2, -0.15) is 0 Å². The number of thiazole rings is 1. The second kappa shape index (κ2) is 12.3. The maximum atomic E-state index is 5.99. The van der Waals surface area contributed by atoms with Crippen LogP contribution in [-0.2, 0) is 19.4 Å². The van der Waals surface area contributed by atoms with Crippen molar-refractivity contribution in [1.82, 2.24) is 15.6 Å². The van der Waals surface area contributed by atoms with Gasteiger partial charge in [0.2, 0.25) is 0 Å². The van der Waals surface area contributed by atoms with E-state index in [9.17, 15) is 0 Å². The van der Waals surface area contributed by atoms with Crippen molar-refractivity contribution in [2.24, 2.45) is 10.9 Å². The van der Waals surface area contributed by atoms with Crippen molar-refractivity contribution >= 4 is 41.3 Å². The predicted molar refractivity (Wildman–Crippen MR) is 128 cm³/mol. The molecule has 0 radical (unpaired) electrons. The van der Waals surface area contributed by atoms with Crippen LogP contribution in [0.5, 0.6) is 5.75 Å². The first-order chi connectivity index (χ1) is 13.3. The third-order valence-corrected chi connectivity index (χ3v) is 5.51. The first-order valence-electron chi connectivity index (χ1n) is 9.94. The number of benzene rings is 1. The Balaban J connectivity index is 0.00000280. The Kier molecular flexibility index (Phi) is 10.0. The zero-order valence-electron chi connectivity index (χ0n) is 16.7. The second-order valence-corrected chi connectivity index (χ2v) is 7.76. The Bertz CT molecular complexity index is 746. The number of ether oxygens (including phenoxy) is 1. The monoisotopic (exact) mass is 514 g/mol. The summed E-state index contributed by atoms with van der Waals surface area (Å²) in [6, 6.07) is 8.21. The average molecular weight is 514 g/mol. The number of para-hydroxylation sites is 1. The van der Waals surface area contributed by atoms with Gasteiger partial charge in [-0.25, -0.2) is 9.98 Å². The van der Waals surface area contributed by atoms with Crippen molar-refractivity contribution in [1.29, 1.82) is 0 Å². The van der Waals surface area contributed by atoms with Gasteiger partial charge in [0.15, 0.2) is 5.96 Å². The van der Waals surface area contributed by atoms with E-state index in [4.69, 9.17) is 9.73 Å². The van der Waals surface area contributed by atoms with E-state index in [0.717, 1.165) is 61.4 Å². The summed E-state index contributed by atoms with van der Waals surface area (Å²) in [5.74, 6) is 2.54. The van der Waals surface area contributed by atoms with Crippen molar-refractivity contribution < 1.29 is 4.74 Å². The summed E-state index contributed by atoms with van der Waals surface area (Å²) in [6.07, 6.45) is 4.51. The Morgan fingerprint density at radius 2 is 2.07 bits per heavy atom. The molecular weight excluding hydrogens is 483 g/mol. The molecule has 0 amide bonds. The van der Waals surface area contributed by atoms with Crippen LogP contribution in [0.2, 0.25) is 0 Å². The van der Waals surface area contributed by atoms with Crippen LogP contribution in [0.15, 0.2) is 34.6 Å². The molecular formula is C21H31IN4OS. The Morgan fingerprint density at radius 1 is 1.25 bits per heavy atom. The SMILES string of the molecule is CCNC(=NCc1ccccc1OCC1CC1)NCCc1csc(CC)n1.I. The van der Waals surface area contributed by atoms with E-state index in [1.54, 1.807) is 11.3 Å². The molecule has 1 heterocycles. The number of guanidine groups is 1. The van der Waals surface area contributed by atoms with Gasteiger partial charge in [0.05, 0.1) is 23.9 Å². The minimum atomic E-state index is 0. The van der Waals surface area contributed by atoms with E-state index in [1.807, 2.05) is 18.2 Å². The van der Waals surface area contributed by atoms with E-state index < -0.39 is 0 Å². The molecule has 0 unspecified atom stereocenters. The first kappa shape index (κ1) is 22.9. The van der Waals surface area contributed by atoms with E-state index >= 15 is 0 Å². The molecule has 7 heteroatoms. The van der Waals surface area contributed by atoms with Gasteiger partial charge in [-0.3, -0.25) is 0 Å². The highest BCUT2D eigenvalue weighted by molar-refractivity contribution is 14.0. The second-order valence-electron chi connectivity index (χ2n) is 6.82. The number of hydrogen-bond acceptors (Lipinski definition) is 4. The number of aryl methyl sites for hydroxylation is 1. The van der Waals surface area contributed by atoms with Crippen LogP contribution >= 0.6 is 35.3 Å². The van der Waals surface area contributed by atoms with E-state index in [1.165, 1.54) is 17.8 Å². The quantitative estimate of drug-likeness (QED) is 0.280. The molecule has 3 rings (SSSR count). The highest BCUT2D eigenvalue weighted by Crippen LogP contribution is 2.30. The summed E-state index contributed by atoms with van der Waals surface area (Å²) in [6.45, 7) is 7.31. The van der Waals surface area contributed by atoms with Gasteiger partial charge in [-0.05, 0) is 38.2 Å². The third kappa shape index (κ3) is 7.58. The van der Waals surface area contributed by atoms with Gasteiger partial charge in [-0.1, -0.05) is 25.1 Å². The fourth-order valence-corrected chi connectivity index (χ4v) is 3.49. The van der Waals surface area contributed by atoms with Gasteiger partial charge in [0.25, 0.3) is 0 Å². The van der Waals surface area contributed by atoms with Crippen LogP contribution in [0, 0.1) is 5.92 Å². The van der Waals surface area contributed by atoms with Crippen molar-refractivity contribution in [2.45, 2.75) is 46.1 Å². The van der Waals surface area contributed by atoms with Gasteiger partial charge in [-0.15, -0.1) is 35.3 Å². The zero-order valence-corrected chi connectivity index (χ0v) is 19.9. The van der Waals surface area contributed by atoms with Crippen molar-refractivity contribution in [3.63, 3.8) is 0 Å². The zero-order chi connectivity index (χ0) is 18.9. The molecule has 0 saturated heterocycles. The Morgan fingerprint density at radius 3 is 2.79 bits per heavy atom. The highest BCUT2D eigenvalue weighted by Gasteiger charge is 2.22. The number of nitrogens with zero attached hydrogens (tertiary/aromatic N) is 2. The van der Waals surface area contributed by atoms with Crippen LogP contribution in [0.3, 0.4) is 0 Å². The number of nitrogens with one attached hydrogen (secondary N) is 2. The molecule has 0 bridgehead atoms. The van der Waals surface area contributed by atoms with Crippen molar-refractivity contribution in [3.05, 3.63) is 45.9 Å². The Labute approximate surface area is 189 Å². The molecule has 154 valence electrons. The molecule has 2 aromatic rings. The third-order valence-electron chi connectivity index (χ3n) is 4.47. The van der Waals surface area contributed by atoms with Crippen LogP contribution in [0.1, 0.15) is 43.0 Å². The first-order valence-corrected chi connectivity index (χ1v) is 10.8. The minimum Gasteiger partial charge on any atom is -0.493 e. The summed E-state index contributed by atoms with van der Waals surface area (Å²) in [4.78, 5) is 9.35. The van der Waals surface area contributed by atoms with E-state index in [0.29, 0.717) is 6.54 Å². The molecule has 1 aliphatic rings. The van der Waals surface area contributed by atoms with Crippen LogP contribution < -0.4 is 15.4 Å². The summed E-state index contributed by atoms with van der Waals surface area (Å²) in [7, 11) is 0.